The third kappa shape index (κ3) is 1.84. The van der Waals surface area contributed by atoms with E-state index in [-0.39, 0.29) is 5.56 Å². The van der Waals surface area contributed by atoms with Gasteiger partial charge in [0.15, 0.2) is 0 Å². The zero-order chi connectivity index (χ0) is 12.5. The third-order valence-corrected chi connectivity index (χ3v) is 2.84. The van der Waals surface area contributed by atoms with Crippen LogP contribution in [0.15, 0.2) is 35.1 Å². The van der Waals surface area contributed by atoms with Crippen molar-refractivity contribution in [2.24, 2.45) is 0 Å². The van der Waals surface area contributed by atoms with Gasteiger partial charge in [0.1, 0.15) is 5.69 Å². The van der Waals surface area contributed by atoms with E-state index >= 15 is 0 Å². The van der Waals surface area contributed by atoms with Gasteiger partial charge in [0, 0.05) is 6.42 Å². The molecule has 0 atom stereocenters. The maximum absolute atomic E-state index is 11.8. The first-order valence-electron chi connectivity index (χ1n) is 5.34. The number of aromatic amines is 2. The maximum atomic E-state index is 11.8. The summed E-state index contributed by atoms with van der Waals surface area (Å²) < 4.78 is 1.77. The van der Waals surface area contributed by atoms with Gasteiger partial charge in [0.2, 0.25) is 4.77 Å². The lowest BCUT2D eigenvalue weighted by Gasteiger charge is -2.00. The molecule has 0 aliphatic heterocycles. The second kappa shape index (κ2) is 4.19. The van der Waals surface area contributed by atoms with Crippen LogP contribution in [0.2, 0.25) is 0 Å². The van der Waals surface area contributed by atoms with Crippen LogP contribution in [0.1, 0.15) is 11.3 Å². The lowest BCUT2D eigenvalue weighted by molar-refractivity contribution is 0.815. The third-order valence-electron chi connectivity index (χ3n) is 2.57. The van der Waals surface area contributed by atoms with Crippen LogP contribution in [-0.4, -0.2) is 24.8 Å². The highest BCUT2D eigenvalue weighted by molar-refractivity contribution is 7.71. The lowest BCUT2D eigenvalue weighted by Crippen LogP contribution is -2.18. The molecule has 3 rings (SSSR count). The number of nitrogens with one attached hydrogen (secondary N) is 2. The highest BCUT2D eigenvalue weighted by Crippen LogP contribution is 2.03. The fourth-order valence-electron chi connectivity index (χ4n) is 1.71. The fourth-order valence-corrected chi connectivity index (χ4v) is 1.88. The van der Waals surface area contributed by atoms with Gasteiger partial charge in [-0.2, -0.15) is 9.61 Å². The molecule has 0 saturated carbocycles. The zero-order valence-electron chi connectivity index (χ0n) is 9.25. The Kier molecular flexibility index (Phi) is 2.52. The van der Waals surface area contributed by atoms with E-state index in [1.807, 2.05) is 30.3 Å². The van der Waals surface area contributed by atoms with Crippen LogP contribution in [0.5, 0.6) is 0 Å². The normalized spacial score (nSPS) is 10.9. The zero-order valence-corrected chi connectivity index (χ0v) is 10.1. The molecule has 0 aliphatic rings. The Balaban J connectivity index is 2.12. The minimum Gasteiger partial charge on any atom is -0.288 e. The predicted octanol–water partition coefficient (Wildman–Crippen LogP) is 1.07. The van der Waals surface area contributed by atoms with Gasteiger partial charge in [0.05, 0.1) is 0 Å². The van der Waals surface area contributed by atoms with Crippen molar-refractivity contribution in [1.29, 1.82) is 0 Å². The molecule has 0 aliphatic carbocycles. The van der Waals surface area contributed by atoms with Crippen molar-refractivity contribution in [3.05, 3.63) is 56.7 Å². The minimum atomic E-state index is -0.250. The Labute approximate surface area is 106 Å². The first-order chi connectivity index (χ1) is 8.74. The van der Waals surface area contributed by atoms with Crippen LogP contribution in [0, 0.1) is 4.77 Å². The van der Waals surface area contributed by atoms with Gasteiger partial charge < -0.3 is 0 Å². The topological polar surface area (TPSA) is 78.8 Å². The molecule has 0 saturated heterocycles. The average Bonchev–Trinajstić information content (AvgIpc) is 2.73. The van der Waals surface area contributed by atoms with Crippen molar-refractivity contribution < 1.29 is 0 Å². The van der Waals surface area contributed by atoms with Crippen LogP contribution in [0.4, 0.5) is 0 Å². The van der Waals surface area contributed by atoms with Crippen LogP contribution >= 0.6 is 12.2 Å². The Morgan fingerprint density at radius 2 is 2.06 bits per heavy atom. The molecule has 0 unspecified atom stereocenters. The van der Waals surface area contributed by atoms with E-state index < -0.39 is 0 Å². The van der Waals surface area contributed by atoms with Gasteiger partial charge in [-0.15, -0.1) is 5.10 Å². The standard InChI is InChI=1S/C11H9N5OS/c17-9-8(6-7-4-2-1-3-5-7)15-16-10(12-9)13-14-11(16)18/h1-5H,6H2,(H,14,18)(H,12,13,17). The molecule has 2 N–H and O–H groups in total. The van der Waals surface area contributed by atoms with E-state index in [2.05, 4.69) is 20.3 Å². The second-order valence-corrected chi connectivity index (χ2v) is 4.21. The smallest absolute Gasteiger partial charge is 0.274 e. The summed E-state index contributed by atoms with van der Waals surface area (Å²) >= 11 is 5.01. The van der Waals surface area contributed by atoms with E-state index in [0.29, 0.717) is 22.7 Å². The van der Waals surface area contributed by atoms with Gasteiger partial charge >= 0.3 is 0 Å². The van der Waals surface area contributed by atoms with E-state index in [1.165, 1.54) is 4.52 Å². The Hall–Kier alpha value is -2.28. The quantitative estimate of drug-likeness (QED) is 0.675. The van der Waals surface area contributed by atoms with Gasteiger partial charge in [-0.25, -0.2) is 5.10 Å². The summed E-state index contributed by atoms with van der Waals surface area (Å²) in [6.45, 7) is 0. The highest BCUT2D eigenvalue weighted by atomic mass is 32.1. The molecule has 0 radical (unpaired) electrons. The molecule has 6 nitrogen and oxygen atoms in total. The molecule has 1 aromatic carbocycles. The van der Waals surface area contributed by atoms with Crippen molar-refractivity contribution in [2.75, 3.05) is 0 Å². The minimum absolute atomic E-state index is 0.250. The average molecular weight is 259 g/mol. The summed E-state index contributed by atoms with van der Waals surface area (Å²) in [6, 6.07) is 9.66. The van der Waals surface area contributed by atoms with Gasteiger partial charge in [-0.1, -0.05) is 30.3 Å². The van der Waals surface area contributed by atoms with Crippen molar-refractivity contribution in [3.8, 4) is 0 Å². The van der Waals surface area contributed by atoms with Gasteiger partial charge in [0.25, 0.3) is 11.3 Å². The summed E-state index contributed by atoms with van der Waals surface area (Å²) in [5.74, 6) is 0.321. The Bertz CT molecular complexity index is 801. The summed E-state index contributed by atoms with van der Waals surface area (Å²) in [7, 11) is 0. The molecule has 18 heavy (non-hydrogen) atoms. The number of benzene rings is 1. The molecular weight excluding hydrogens is 250 g/mol. The molecular formula is C11H9N5OS. The summed E-state index contributed by atoms with van der Waals surface area (Å²) in [5.41, 5.74) is 1.18. The SMILES string of the molecule is O=c1[nH]c2n[nH]c(=S)n2nc1Cc1ccccc1. The molecule has 90 valence electrons. The first kappa shape index (κ1) is 10.8. The number of rotatable bonds is 2. The molecule has 0 fully saturated rings. The number of fused-ring (bicyclic) bond motifs is 1. The summed E-state index contributed by atoms with van der Waals surface area (Å²) in [4.78, 5) is 14.5. The number of hydrogen-bond acceptors (Lipinski definition) is 4. The Morgan fingerprint density at radius 3 is 2.83 bits per heavy atom. The Morgan fingerprint density at radius 1 is 1.28 bits per heavy atom. The first-order valence-corrected chi connectivity index (χ1v) is 5.75. The van der Waals surface area contributed by atoms with Crippen molar-refractivity contribution in [1.82, 2.24) is 24.8 Å². The lowest BCUT2D eigenvalue weighted by atomic mass is 10.1. The number of nitrogens with zero attached hydrogens (tertiary/aromatic N) is 3. The van der Waals surface area contributed by atoms with Crippen molar-refractivity contribution in [2.45, 2.75) is 6.42 Å². The highest BCUT2D eigenvalue weighted by Gasteiger charge is 2.07. The van der Waals surface area contributed by atoms with Crippen LogP contribution < -0.4 is 5.56 Å². The molecule has 7 heteroatoms. The molecule has 0 amide bonds. The van der Waals surface area contributed by atoms with E-state index in [0.717, 1.165) is 5.56 Å². The van der Waals surface area contributed by atoms with Gasteiger partial charge in [-0.05, 0) is 17.8 Å². The van der Waals surface area contributed by atoms with Crippen LogP contribution in [0.25, 0.3) is 5.78 Å². The molecule has 0 spiro atoms. The van der Waals surface area contributed by atoms with E-state index in [4.69, 9.17) is 12.2 Å². The second-order valence-electron chi connectivity index (χ2n) is 3.83. The molecule has 2 aromatic heterocycles. The van der Waals surface area contributed by atoms with Crippen molar-refractivity contribution >= 4 is 18.0 Å². The number of hydrogen-bond donors (Lipinski definition) is 2. The summed E-state index contributed by atoms with van der Waals surface area (Å²) in [6.07, 6.45) is 0.457. The fraction of sp³-hybridized carbons (Fsp3) is 0.0909. The number of H-pyrrole nitrogens is 2. The molecule has 3 aromatic rings. The summed E-state index contributed by atoms with van der Waals surface area (Å²) in [5, 5.41) is 10.6. The molecule has 0 bridgehead atoms. The van der Waals surface area contributed by atoms with Crippen LogP contribution in [-0.2, 0) is 6.42 Å². The van der Waals surface area contributed by atoms with E-state index in [1.54, 1.807) is 0 Å². The van der Waals surface area contributed by atoms with Crippen LogP contribution in [0.3, 0.4) is 0 Å². The van der Waals surface area contributed by atoms with E-state index in [9.17, 15) is 4.79 Å². The largest absolute Gasteiger partial charge is 0.288 e. The predicted molar refractivity (Wildman–Crippen MR) is 68.0 cm³/mol. The molecule has 2 heterocycles. The number of aromatic nitrogens is 5. The van der Waals surface area contributed by atoms with Crippen molar-refractivity contribution in [3.63, 3.8) is 0 Å². The van der Waals surface area contributed by atoms with Gasteiger partial charge in [-0.3, -0.25) is 9.78 Å². The monoisotopic (exact) mass is 259 g/mol. The maximum Gasteiger partial charge on any atom is 0.274 e.